The smallest absolute Gasteiger partial charge is 0.277 e. The average Bonchev–Trinajstić information content (AvgIpc) is 3.10. The van der Waals surface area contributed by atoms with Gasteiger partial charge in [0.05, 0.1) is 7.11 Å². The van der Waals surface area contributed by atoms with E-state index in [0.29, 0.717) is 33.6 Å². The normalized spacial score (nSPS) is 11.4. The van der Waals surface area contributed by atoms with Crippen LogP contribution in [-0.4, -0.2) is 25.3 Å². The van der Waals surface area contributed by atoms with Crippen LogP contribution in [0.5, 0.6) is 11.5 Å². The van der Waals surface area contributed by atoms with Crippen LogP contribution in [0.2, 0.25) is 5.02 Å². The fraction of sp³-hybridized carbons (Fsp3) is 0.158. The molecule has 0 unspecified atom stereocenters. The van der Waals surface area contributed by atoms with Crippen molar-refractivity contribution in [1.29, 1.82) is 0 Å². The predicted octanol–water partition coefficient (Wildman–Crippen LogP) is 4.01. The second-order valence-corrected chi connectivity index (χ2v) is 5.90. The molecule has 1 N–H and O–H groups in total. The Morgan fingerprint density at radius 3 is 2.73 bits per heavy atom. The van der Waals surface area contributed by atoms with Crippen LogP contribution in [-0.2, 0) is 4.79 Å². The third-order valence-electron chi connectivity index (χ3n) is 3.62. The number of hydrazone groups is 1. The SMILES string of the molecule is COc1cccc2cc(/C(C)=N\NC(=O)COc3ccc(Cl)cc3)oc12. The molecule has 0 atom stereocenters. The molecule has 0 saturated heterocycles. The van der Waals surface area contributed by atoms with Crippen LogP contribution in [0.4, 0.5) is 0 Å². The van der Waals surface area contributed by atoms with E-state index in [1.165, 1.54) is 0 Å². The number of rotatable bonds is 6. The number of hydrogen-bond donors (Lipinski definition) is 1. The van der Waals surface area contributed by atoms with Crippen molar-refractivity contribution in [1.82, 2.24) is 5.43 Å². The summed E-state index contributed by atoms with van der Waals surface area (Å²) in [7, 11) is 1.58. The number of furan rings is 1. The molecule has 0 radical (unpaired) electrons. The molecular formula is C19H17ClN2O4. The molecule has 26 heavy (non-hydrogen) atoms. The molecule has 1 heterocycles. The first-order chi connectivity index (χ1) is 12.6. The van der Waals surface area contributed by atoms with Crippen molar-refractivity contribution < 1.29 is 18.7 Å². The minimum absolute atomic E-state index is 0.160. The summed E-state index contributed by atoms with van der Waals surface area (Å²) in [6.45, 7) is 1.58. The Kier molecular flexibility index (Phi) is 5.43. The number of benzene rings is 2. The molecule has 0 fully saturated rings. The molecule has 0 aliphatic rings. The van der Waals surface area contributed by atoms with E-state index < -0.39 is 0 Å². The molecular weight excluding hydrogens is 356 g/mol. The molecule has 1 amide bonds. The standard InChI is InChI=1S/C19H17ClN2O4/c1-12(17-10-13-4-3-5-16(24-2)19(13)26-17)21-22-18(23)11-25-15-8-6-14(20)7-9-15/h3-10H,11H2,1-2H3,(H,22,23)/b21-12-. The zero-order valence-corrected chi connectivity index (χ0v) is 15.0. The minimum Gasteiger partial charge on any atom is -0.493 e. The van der Waals surface area contributed by atoms with Crippen LogP contribution in [0.1, 0.15) is 12.7 Å². The molecule has 1 aromatic heterocycles. The maximum Gasteiger partial charge on any atom is 0.277 e. The molecule has 6 nitrogen and oxygen atoms in total. The highest BCUT2D eigenvalue weighted by Gasteiger charge is 2.11. The van der Waals surface area contributed by atoms with E-state index in [2.05, 4.69) is 10.5 Å². The lowest BCUT2D eigenvalue weighted by atomic mass is 10.2. The first-order valence-electron chi connectivity index (χ1n) is 7.85. The summed E-state index contributed by atoms with van der Waals surface area (Å²) in [6, 6.07) is 14.2. The number of carbonyl (C=O) groups is 1. The minimum atomic E-state index is -0.381. The average molecular weight is 373 g/mol. The van der Waals surface area contributed by atoms with E-state index >= 15 is 0 Å². The third-order valence-corrected chi connectivity index (χ3v) is 3.87. The van der Waals surface area contributed by atoms with Gasteiger partial charge < -0.3 is 13.9 Å². The third kappa shape index (κ3) is 4.15. The van der Waals surface area contributed by atoms with Crippen molar-refractivity contribution in [3.05, 3.63) is 59.3 Å². The lowest BCUT2D eigenvalue weighted by Gasteiger charge is -2.05. The van der Waals surface area contributed by atoms with Gasteiger partial charge in [-0.15, -0.1) is 0 Å². The van der Waals surface area contributed by atoms with Gasteiger partial charge in [-0.1, -0.05) is 23.7 Å². The molecule has 0 saturated carbocycles. The Morgan fingerprint density at radius 2 is 2.00 bits per heavy atom. The van der Waals surface area contributed by atoms with Crippen molar-refractivity contribution in [2.75, 3.05) is 13.7 Å². The second kappa shape index (κ2) is 7.93. The number of nitrogens with one attached hydrogen (secondary N) is 1. The first kappa shape index (κ1) is 17.8. The van der Waals surface area contributed by atoms with E-state index in [1.54, 1.807) is 38.3 Å². The van der Waals surface area contributed by atoms with E-state index in [1.807, 2.05) is 24.3 Å². The van der Waals surface area contributed by atoms with Crippen LogP contribution >= 0.6 is 11.6 Å². The first-order valence-corrected chi connectivity index (χ1v) is 8.23. The molecule has 3 rings (SSSR count). The van der Waals surface area contributed by atoms with E-state index in [-0.39, 0.29) is 12.5 Å². The van der Waals surface area contributed by atoms with Crippen molar-refractivity contribution in [3.63, 3.8) is 0 Å². The highest BCUT2D eigenvalue weighted by atomic mass is 35.5. The Morgan fingerprint density at radius 1 is 1.23 bits per heavy atom. The molecule has 0 bridgehead atoms. The number of methoxy groups -OCH3 is 1. The van der Waals surface area contributed by atoms with Crippen LogP contribution < -0.4 is 14.9 Å². The summed E-state index contributed by atoms with van der Waals surface area (Å²) in [5.41, 5.74) is 3.61. The van der Waals surface area contributed by atoms with Crippen molar-refractivity contribution >= 4 is 34.2 Å². The molecule has 2 aromatic carbocycles. The van der Waals surface area contributed by atoms with Crippen LogP contribution in [0.15, 0.2) is 58.0 Å². The largest absolute Gasteiger partial charge is 0.493 e. The summed E-state index contributed by atoms with van der Waals surface area (Å²) in [4.78, 5) is 11.9. The monoisotopic (exact) mass is 372 g/mol. The van der Waals surface area contributed by atoms with E-state index in [4.69, 9.17) is 25.5 Å². The number of amides is 1. The lowest BCUT2D eigenvalue weighted by Crippen LogP contribution is -2.25. The predicted molar refractivity (Wildman–Crippen MR) is 100 cm³/mol. The van der Waals surface area contributed by atoms with Gasteiger partial charge in [0.1, 0.15) is 11.5 Å². The molecule has 7 heteroatoms. The fourth-order valence-corrected chi connectivity index (χ4v) is 2.41. The maximum absolute atomic E-state index is 11.9. The second-order valence-electron chi connectivity index (χ2n) is 5.46. The number of nitrogens with zero attached hydrogens (tertiary/aromatic N) is 1. The zero-order chi connectivity index (χ0) is 18.5. The van der Waals surface area contributed by atoms with Gasteiger partial charge in [-0.3, -0.25) is 4.79 Å². The van der Waals surface area contributed by atoms with Gasteiger partial charge in [-0.25, -0.2) is 5.43 Å². The Labute approximate surface area is 155 Å². The topological polar surface area (TPSA) is 73.1 Å². The van der Waals surface area contributed by atoms with Crippen molar-refractivity contribution in [3.8, 4) is 11.5 Å². The quantitative estimate of drug-likeness (QED) is 0.524. The molecule has 3 aromatic rings. The van der Waals surface area contributed by atoms with Crippen LogP contribution in [0.3, 0.4) is 0 Å². The number of ether oxygens (including phenoxy) is 2. The summed E-state index contributed by atoms with van der Waals surface area (Å²) in [5, 5.41) is 5.55. The van der Waals surface area contributed by atoms with Gasteiger partial charge in [-0.2, -0.15) is 5.10 Å². The zero-order valence-electron chi connectivity index (χ0n) is 14.3. The van der Waals surface area contributed by atoms with Crippen molar-refractivity contribution in [2.45, 2.75) is 6.92 Å². The fourth-order valence-electron chi connectivity index (χ4n) is 2.29. The maximum atomic E-state index is 11.9. The van der Waals surface area contributed by atoms with Gasteiger partial charge in [0.25, 0.3) is 5.91 Å². The molecule has 134 valence electrons. The Bertz CT molecular complexity index is 948. The molecule has 0 aliphatic carbocycles. The Balaban J connectivity index is 1.62. The summed E-state index contributed by atoms with van der Waals surface area (Å²) >= 11 is 5.80. The summed E-state index contributed by atoms with van der Waals surface area (Å²) < 4.78 is 16.4. The number of hydrogen-bond acceptors (Lipinski definition) is 5. The number of carbonyl (C=O) groups excluding carboxylic acids is 1. The number of fused-ring (bicyclic) bond motifs is 1. The van der Waals surface area contributed by atoms with E-state index in [9.17, 15) is 4.79 Å². The lowest BCUT2D eigenvalue weighted by molar-refractivity contribution is -0.123. The van der Waals surface area contributed by atoms with Gasteiger partial charge in [-0.05, 0) is 43.3 Å². The highest BCUT2D eigenvalue weighted by Crippen LogP contribution is 2.28. The van der Waals surface area contributed by atoms with Gasteiger partial charge in [0, 0.05) is 10.4 Å². The van der Waals surface area contributed by atoms with Gasteiger partial charge in [0.2, 0.25) is 0 Å². The molecule has 0 aliphatic heterocycles. The summed E-state index contributed by atoms with van der Waals surface area (Å²) in [5.74, 6) is 1.35. The van der Waals surface area contributed by atoms with Crippen molar-refractivity contribution in [2.24, 2.45) is 5.10 Å². The van der Waals surface area contributed by atoms with Crippen LogP contribution in [0.25, 0.3) is 11.0 Å². The molecule has 0 spiro atoms. The van der Waals surface area contributed by atoms with Crippen LogP contribution in [0, 0.1) is 0 Å². The van der Waals surface area contributed by atoms with E-state index in [0.717, 1.165) is 5.39 Å². The van der Waals surface area contributed by atoms with Gasteiger partial charge >= 0.3 is 0 Å². The van der Waals surface area contributed by atoms with Gasteiger partial charge in [0.15, 0.2) is 23.7 Å². The number of halogens is 1. The summed E-state index contributed by atoms with van der Waals surface area (Å²) in [6.07, 6.45) is 0. The number of para-hydroxylation sites is 1. The Hall–Kier alpha value is -2.99. The highest BCUT2D eigenvalue weighted by molar-refractivity contribution is 6.30.